The maximum Gasteiger partial charge on any atom is 0.303 e. The van der Waals surface area contributed by atoms with Crippen LogP contribution in [0.15, 0.2) is 30.6 Å². The molecule has 5 nitrogen and oxygen atoms in total. The van der Waals surface area contributed by atoms with Crippen LogP contribution in [0.4, 0.5) is 0 Å². The lowest BCUT2D eigenvalue weighted by molar-refractivity contribution is -0.697. The number of amides is 1. The topological polar surface area (TPSA) is 70.3 Å². The van der Waals surface area contributed by atoms with Gasteiger partial charge in [-0.1, -0.05) is 12.5 Å². The lowest BCUT2D eigenvalue weighted by Crippen LogP contribution is -3.00. The van der Waals surface area contributed by atoms with Gasteiger partial charge in [0, 0.05) is 37.9 Å². The molecule has 6 heteroatoms. The number of carboxylic acids is 1. The summed E-state index contributed by atoms with van der Waals surface area (Å²) in [4.78, 5) is 21.9. The Morgan fingerprint density at radius 1 is 0.909 bits per heavy atom. The fourth-order valence-corrected chi connectivity index (χ4v) is 2.06. The second kappa shape index (κ2) is 13.2. The van der Waals surface area contributed by atoms with Crippen LogP contribution in [0, 0.1) is 0 Å². The van der Waals surface area contributed by atoms with Gasteiger partial charge in [0.1, 0.15) is 6.54 Å². The van der Waals surface area contributed by atoms with Crippen molar-refractivity contribution >= 4 is 11.9 Å². The molecule has 124 valence electrons. The molecule has 1 heterocycles. The van der Waals surface area contributed by atoms with Crippen LogP contribution in [0.5, 0.6) is 0 Å². The van der Waals surface area contributed by atoms with Crippen molar-refractivity contribution in [1.29, 1.82) is 0 Å². The number of hydrogen-bond acceptors (Lipinski definition) is 2. The summed E-state index contributed by atoms with van der Waals surface area (Å²) in [6, 6.07) is 5.98. The van der Waals surface area contributed by atoms with E-state index in [0.717, 1.165) is 32.2 Å². The summed E-state index contributed by atoms with van der Waals surface area (Å²) in [6.45, 7) is 1.58. The number of rotatable bonds is 11. The summed E-state index contributed by atoms with van der Waals surface area (Å²) in [7, 11) is 0. The molecule has 1 rings (SSSR count). The molecule has 0 fully saturated rings. The third-order valence-electron chi connectivity index (χ3n) is 3.24. The molecule has 0 unspecified atom stereocenters. The fourth-order valence-electron chi connectivity index (χ4n) is 2.06. The zero-order valence-corrected chi connectivity index (χ0v) is 14.4. The molecule has 1 aromatic rings. The number of halogens is 1. The van der Waals surface area contributed by atoms with E-state index in [1.807, 2.05) is 30.6 Å². The molecule has 0 aliphatic rings. The molecular formula is C16H25BrN2O3. The Bertz CT molecular complexity index is 427. The number of nitrogens with zero attached hydrogens (tertiary/aromatic N) is 1. The highest BCUT2D eigenvalue weighted by Gasteiger charge is 2.03. The van der Waals surface area contributed by atoms with Crippen molar-refractivity contribution < 1.29 is 36.2 Å². The zero-order chi connectivity index (χ0) is 15.3. The second-order valence-corrected chi connectivity index (χ2v) is 5.12. The number of carbonyl (C=O) groups excluding carboxylic acids is 1. The van der Waals surface area contributed by atoms with Gasteiger partial charge >= 0.3 is 5.97 Å². The van der Waals surface area contributed by atoms with Crippen molar-refractivity contribution in [1.82, 2.24) is 5.32 Å². The largest absolute Gasteiger partial charge is 1.00 e. The molecule has 0 aromatic carbocycles. The minimum Gasteiger partial charge on any atom is -1.00 e. The van der Waals surface area contributed by atoms with E-state index in [-0.39, 0.29) is 29.3 Å². The van der Waals surface area contributed by atoms with Crippen LogP contribution in [0.2, 0.25) is 0 Å². The van der Waals surface area contributed by atoms with Gasteiger partial charge in [0.05, 0.1) is 0 Å². The third-order valence-corrected chi connectivity index (χ3v) is 3.24. The second-order valence-electron chi connectivity index (χ2n) is 5.12. The SMILES string of the molecule is O=C(O)CCCCCNC(=O)CCCC[n+]1ccccc1.[Br-]. The van der Waals surface area contributed by atoms with Crippen molar-refractivity contribution in [2.45, 2.75) is 51.5 Å². The van der Waals surface area contributed by atoms with E-state index < -0.39 is 5.97 Å². The average molecular weight is 373 g/mol. The van der Waals surface area contributed by atoms with Crippen LogP contribution in [0.3, 0.4) is 0 Å². The van der Waals surface area contributed by atoms with Crippen molar-refractivity contribution in [2.24, 2.45) is 0 Å². The quantitative estimate of drug-likeness (QED) is 0.383. The number of aromatic nitrogens is 1. The predicted molar refractivity (Wildman–Crippen MR) is 79.6 cm³/mol. The van der Waals surface area contributed by atoms with E-state index >= 15 is 0 Å². The Kier molecular flexibility index (Phi) is 12.4. The number of carbonyl (C=O) groups is 2. The Balaban J connectivity index is 0.00000441. The number of nitrogens with one attached hydrogen (secondary N) is 1. The van der Waals surface area contributed by atoms with E-state index in [9.17, 15) is 9.59 Å². The number of unbranched alkanes of at least 4 members (excludes halogenated alkanes) is 3. The predicted octanol–water partition coefficient (Wildman–Crippen LogP) is -1.09. The van der Waals surface area contributed by atoms with Gasteiger partial charge in [-0.25, -0.2) is 4.57 Å². The molecule has 0 saturated heterocycles. The van der Waals surface area contributed by atoms with Gasteiger partial charge in [-0.05, 0) is 19.3 Å². The first kappa shape index (κ1) is 20.6. The standard InChI is InChI=1S/C16H24N2O3.BrH/c19-15(17-11-5-1-3-10-16(20)21)9-4-8-14-18-12-6-2-7-13-18;/h2,6-7,12-13H,1,3-5,8-11,14H2,(H-,17,19,20,21);1H. The van der Waals surface area contributed by atoms with E-state index in [2.05, 4.69) is 9.88 Å². The van der Waals surface area contributed by atoms with Gasteiger partial charge in [0.25, 0.3) is 0 Å². The van der Waals surface area contributed by atoms with Crippen LogP contribution in [0.1, 0.15) is 44.9 Å². The lowest BCUT2D eigenvalue weighted by atomic mass is 10.2. The maximum absolute atomic E-state index is 11.6. The summed E-state index contributed by atoms with van der Waals surface area (Å²) < 4.78 is 2.11. The molecule has 0 aliphatic carbocycles. The molecule has 1 aromatic heterocycles. The molecule has 22 heavy (non-hydrogen) atoms. The summed E-state index contributed by atoms with van der Waals surface area (Å²) >= 11 is 0. The van der Waals surface area contributed by atoms with E-state index in [1.54, 1.807) is 0 Å². The van der Waals surface area contributed by atoms with Gasteiger partial charge in [-0.2, -0.15) is 0 Å². The molecule has 0 bridgehead atoms. The highest BCUT2D eigenvalue weighted by atomic mass is 79.9. The van der Waals surface area contributed by atoms with E-state index in [1.165, 1.54) is 0 Å². The van der Waals surface area contributed by atoms with Gasteiger partial charge in [-0.15, -0.1) is 0 Å². The fraction of sp³-hybridized carbons (Fsp3) is 0.562. The summed E-state index contributed by atoms with van der Waals surface area (Å²) in [6.07, 6.45) is 9.06. The van der Waals surface area contributed by atoms with E-state index in [4.69, 9.17) is 5.11 Å². The minimum atomic E-state index is -0.754. The van der Waals surface area contributed by atoms with Gasteiger partial charge in [-0.3, -0.25) is 9.59 Å². The summed E-state index contributed by atoms with van der Waals surface area (Å²) in [5.74, 6) is -0.665. The number of aliphatic carboxylic acids is 1. The molecule has 0 radical (unpaired) electrons. The minimum absolute atomic E-state index is 0. The van der Waals surface area contributed by atoms with Gasteiger partial charge in [0.2, 0.25) is 5.91 Å². The molecule has 1 amide bonds. The molecule has 0 saturated carbocycles. The van der Waals surface area contributed by atoms with Gasteiger partial charge < -0.3 is 27.4 Å². The molecular weight excluding hydrogens is 348 g/mol. The number of pyridine rings is 1. The highest BCUT2D eigenvalue weighted by molar-refractivity contribution is 5.75. The highest BCUT2D eigenvalue weighted by Crippen LogP contribution is 1.99. The van der Waals surface area contributed by atoms with Crippen molar-refractivity contribution in [2.75, 3.05) is 6.54 Å². The number of aryl methyl sites for hydroxylation is 1. The van der Waals surface area contributed by atoms with Gasteiger partial charge in [0.15, 0.2) is 12.4 Å². The number of hydrogen-bond donors (Lipinski definition) is 2. The Labute approximate surface area is 142 Å². The molecule has 0 aliphatic heterocycles. The van der Waals surface area contributed by atoms with Crippen LogP contribution < -0.4 is 26.9 Å². The van der Waals surface area contributed by atoms with E-state index in [0.29, 0.717) is 19.4 Å². The van der Waals surface area contributed by atoms with Crippen LogP contribution in [-0.2, 0) is 16.1 Å². The smallest absolute Gasteiger partial charge is 0.303 e. The first-order valence-electron chi connectivity index (χ1n) is 7.61. The third kappa shape index (κ3) is 11.3. The molecule has 2 N–H and O–H groups in total. The maximum atomic E-state index is 11.6. The van der Waals surface area contributed by atoms with Crippen molar-refractivity contribution in [3.63, 3.8) is 0 Å². The first-order valence-corrected chi connectivity index (χ1v) is 7.61. The zero-order valence-electron chi connectivity index (χ0n) is 12.8. The van der Waals surface area contributed by atoms with Crippen LogP contribution in [-0.4, -0.2) is 23.5 Å². The number of carboxylic acid groups (broad SMARTS) is 1. The molecule has 0 spiro atoms. The van der Waals surface area contributed by atoms with Crippen LogP contribution in [0.25, 0.3) is 0 Å². The summed E-state index contributed by atoms with van der Waals surface area (Å²) in [5.41, 5.74) is 0. The Morgan fingerprint density at radius 3 is 2.27 bits per heavy atom. The Morgan fingerprint density at radius 2 is 1.59 bits per heavy atom. The lowest BCUT2D eigenvalue weighted by Gasteiger charge is -2.04. The van der Waals surface area contributed by atoms with Crippen molar-refractivity contribution in [3.8, 4) is 0 Å². The van der Waals surface area contributed by atoms with Crippen LogP contribution >= 0.6 is 0 Å². The average Bonchev–Trinajstić information content (AvgIpc) is 2.48. The first-order chi connectivity index (χ1) is 10.2. The Hall–Kier alpha value is -1.43. The van der Waals surface area contributed by atoms with Crippen molar-refractivity contribution in [3.05, 3.63) is 30.6 Å². The summed E-state index contributed by atoms with van der Waals surface area (Å²) in [5, 5.41) is 11.4. The molecule has 0 atom stereocenters. The normalized spacial score (nSPS) is 9.82. The monoisotopic (exact) mass is 372 g/mol.